The fourth-order valence-corrected chi connectivity index (χ4v) is 2.51. The van der Waals surface area contributed by atoms with Gasteiger partial charge in [0, 0.05) is 0 Å². The van der Waals surface area contributed by atoms with Crippen molar-refractivity contribution in [3.8, 4) is 0 Å². The molecule has 0 radical (unpaired) electrons. The molecule has 2 nitrogen and oxygen atoms in total. The lowest BCUT2D eigenvalue weighted by Crippen LogP contribution is -2.30. The van der Waals surface area contributed by atoms with Crippen LogP contribution in [0.4, 0.5) is 0 Å². The maximum atomic E-state index is 5.70. The third-order valence-electron chi connectivity index (χ3n) is 4.19. The molecule has 0 unspecified atom stereocenters. The SMILES string of the molecule is CC(C)CCN(CCCC(C)(C)CCN)CCC(C)C. The van der Waals surface area contributed by atoms with Gasteiger partial charge in [-0.2, -0.15) is 0 Å². The van der Waals surface area contributed by atoms with Crippen molar-refractivity contribution in [1.82, 2.24) is 4.90 Å². The zero-order valence-electron chi connectivity index (χ0n) is 15.0. The molecule has 0 saturated carbocycles. The minimum atomic E-state index is 0.413. The highest BCUT2D eigenvalue weighted by Crippen LogP contribution is 2.26. The average Bonchev–Trinajstić information content (AvgIpc) is 2.31. The predicted molar refractivity (Wildman–Crippen MR) is 92.0 cm³/mol. The highest BCUT2D eigenvalue weighted by molar-refractivity contribution is 4.70. The minimum absolute atomic E-state index is 0.413. The van der Waals surface area contributed by atoms with Crippen molar-refractivity contribution in [2.45, 2.75) is 73.6 Å². The lowest BCUT2D eigenvalue weighted by Gasteiger charge is -2.28. The number of hydrogen-bond acceptors (Lipinski definition) is 2. The standard InChI is InChI=1S/C18H40N2/c1-16(2)8-14-20(15-9-17(3)4)13-7-10-18(5,6)11-12-19/h16-17H,7-15,19H2,1-6H3. The molecule has 2 N–H and O–H groups in total. The summed E-state index contributed by atoms with van der Waals surface area (Å²) in [7, 11) is 0. The van der Waals surface area contributed by atoms with Gasteiger partial charge in [-0.15, -0.1) is 0 Å². The Morgan fingerprint density at radius 1 is 0.850 bits per heavy atom. The van der Waals surface area contributed by atoms with Crippen molar-refractivity contribution in [2.75, 3.05) is 26.2 Å². The first-order valence-electron chi connectivity index (χ1n) is 8.69. The van der Waals surface area contributed by atoms with Crippen LogP contribution in [0.25, 0.3) is 0 Å². The molecule has 0 aromatic rings. The Balaban J connectivity index is 4.07. The molecule has 122 valence electrons. The van der Waals surface area contributed by atoms with Gasteiger partial charge in [0.2, 0.25) is 0 Å². The van der Waals surface area contributed by atoms with Crippen LogP contribution in [0.15, 0.2) is 0 Å². The Bertz CT molecular complexity index is 209. The van der Waals surface area contributed by atoms with Gasteiger partial charge < -0.3 is 10.6 Å². The quantitative estimate of drug-likeness (QED) is 0.570. The smallest absolute Gasteiger partial charge is 0.00163 e. The van der Waals surface area contributed by atoms with Gasteiger partial charge in [-0.25, -0.2) is 0 Å². The van der Waals surface area contributed by atoms with Crippen LogP contribution in [0, 0.1) is 17.3 Å². The lowest BCUT2D eigenvalue weighted by atomic mass is 9.84. The van der Waals surface area contributed by atoms with Gasteiger partial charge in [-0.3, -0.25) is 0 Å². The van der Waals surface area contributed by atoms with E-state index in [0.29, 0.717) is 5.41 Å². The van der Waals surface area contributed by atoms with Gasteiger partial charge >= 0.3 is 0 Å². The molecule has 0 bridgehead atoms. The van der Waals surface area contributed by atoms with Crippen LogP contribution in [-0.2, 0) is 0 Å². The molecule has 0 aliphatic rings. The van der Waals surface area contributed by atoms with E-state index in [1.54, 1.807) is 0 Å². The van der Waals surface area contributed by atoms with Crippen LogP contribution in [0.1, 0.15) is 73.6 Å². The molecule has 0 atom stereocenters. The molecule has 0 aromatic carbocycles. The molecule has 0 fully saturated rings. The van der Waals surface area contributed by atoms with Gasteiger partial charge in [-0.05, 0) is 75.5 Å². The fourth-order valence-electron chi connectivity index (χ4n) is 2.51. The first-order valence-corrected chi connectivity index (χ1v) is 8.69. The third-order valence-corrected chi connectivity index (χ3v) is 4.19. The van der Waals surface area contributed by atoms with E-state index in [1.165, 1.54) is 45.3 Å². The van der Waals surface area contributed by atoms with Crippen molar-refractivity contribution in [1.29, 1.82) is 0 Å². The highest BCUT2D eigenvalue weighted by Gasteiger charge is 2.17. The molecule has 0 aromatic heterocycles. The second-order valence-corrected chi connectivity index (χ2v) is 8.01. The first-order chi connectivity index (χ1) is 9.26. The van der Waals surface area contributed by atoms with E-state index >= 15 is 0 Å². The van der Waals surface area contributed by atoms with Gasteiger partial charge in [-0.1, -0.05) is 41.5 Å². The number of rotatable bonds is 12. The summed E-state index contributed by atoms with van der Waals surface area (Å²) in [4.78, 5) is 2.68. The van der Waals surface area contributed by atoms with Crippen molar-refractivity contribution < 1.29 is 0 Å². The number of nitrogens with zero attached hydrogens (tertiary/aromatic N) is 1. The topological polar surface area (TPSA) is 29.3 Å². The lowest BCUT2D eigenvalue weighted by molar-refractivity contribution is 0.217. The van der Waals surface area contributed by atoms with Crippen molar-refractivity contribution >= 4 is 0 Å². The van der Waals surface area contributed by atoms with Crippen LogP contribution in [0.3, 0.4) is 0 Å². The van der Waals surface area contributed by atoms with Gasteiger partial charge in [0.25, 0.3) is 0 Å². The second kappa shape index (κ2) is 10.6. The molecular weight excluding hydrogens is 244 g/mol. The summed E-state index contributed by atoms with van der Waals surface area (Å²) in [6.07, 6.45) is 6.40. The first kappa shape index (κ1) is 19.9. The van der Waals surface area contributed by atoms with Crippen LogP contribution in [0.2, 0.25) is 0 Å². The largest absolute Gasteiger partial charge is 0.330 e. The summed E-state index contributed by atoms with van der Waals surface area (Å²) in [5.41, 5.74) is 6.11. The van der Waals surface area contributed by atoms with Crippen LogP contribution >= 0.6 is 0 Å². The molecule has 2 heteroatoms. The van der Waals surface area contributed by atoms with Crippen LogP contribution in [-0.4, -0.2) is 31.1 Å². The summed E-state index contributed by atoms with van der Waals surface area (Å²) >= 11 is 0. The molecule has 0 aliphatic heterocycles. The van der Waals surface area contributed by atoms with Crippen molar-refractivity contribution in [3.63, 3.8) is 0 Å². The van der Waals surface area contributed by atoms with Gasteiger partial charge in [0.1, 0.15) is 0 Å². The molecular formula is C18H40N2. The van der Waals surface area contributed by atoms with Crippen molar-refractivity contribution in [3.05, 3.63) is 0 Å². The molecule has 0 aliphatic carbocycles. The number of hydrogen-bond donors (Lipinski definition) is 1. The third kappa shape index (κ3) is 11.7. The van der Waals surface area contributed by atoms with E-state index in [0.717, 1.165) is 24.8 Å². The van der Waals surface area contributed by atoms with E-state index in [1.807, 2.05) is 0 Å². The maximum Gasteiger partial charge on any atom is -0.00163 e. The maximum absolute atomic E-state index is 5.70. The predicted octanol–water partition coefficient (Wildman–Crippen LogP) is 4.54. The summed E-state index contributed by atoms with van der Waals surface area (Å²) in [6.45, 7) is 18.6. The Morgan fingerprint density at radius 3 is 1.75 bits per heavy atom. The van der Waals surface area contributed by atoms with Crippen LogP contribution in [0.5, 0.6) is 0 Å². The van der Waals surface area contributed by atoms with E-state index in [4.69, 9.17) is 5.73 Å². The molecule has 20 heavy (non-hydrogen) atoms. The Morgan fingerprint density at radius 2 is 1.35 bits per heavy atom. The fraction of sp³-hybridized carbons (Fsp3) is 1.00. The summed E-state index contributed by atoms with van der Waals surface area (Å²) in [5.74, 6) is 1.62. The highest BCUT2D eigenvalue weighted by atomic mass is 15.1. The Hall–Kier alpha value is -0.0800. The van der Waals surface area contributed by atoms with Crippen LogP contribution < -0.4 is 5.73 Å². The van der Waals surface area contributed by atoms with Gasteiger partial charge in [0.05, 0.1) is 0 Å². The molecule has 0 spiro atoms. The Labute approximate surface area is 128 Å². The normalized spacial score (nSPS) is 12.9. The molecule has 0 heterocycles. The van der Waals surface area contributed by atoms with Gasteiger partial charge in [0.15, 0.2) is 0 Å². The second-order valence-electron chi connectivity index (χ2n) is 8.01. The monoisotopic (exact) mass is 284 g/mol. The van der Waals surface area contributed by atoms with Crippen molar-refractivity contribution in [2.24, 2.45) is 23.0 Å². The van der Waals surface area contributed by atoms with E-state index in [2.05, 4.69) is 46.4 Å². The Kier molecular flexibility index (Phi) is 10.6. The van der Waals surface area contributed by atoms with E-state index in [-0.39, 0.29) is 0 Å². The van der Waals surface area contributed by atoms with E-state index < -0.39 is 0 Å². The molecule has 0 saturated heterocycles. The average molecular weight is 285 g/mol. The molecule has 0 rings (SSSR count). The summed E-state index contributed by atoms with van der Waals surface area (Å²) in [5, 5.41) is 0. The zero-order valence-corrected chi connectivity index (χ0v) is 15.0. The summed E-state index contributed by atoms with van der Waals surface area (Å²) in [6, 6.07) is 0. The summed E-state index contributed by atoms with van der Waals surface area (Å²) < 4.78 is 0. The minimum Gasteiger partial charge on any atom is -0.330 e. The van der Waals surface area contributed by atoms with E-state index in [9.17, 15) is 0 Å². The molecule has 0 amide bonds. The zero-order chi connectivity index (χ0) is 15.6. The number of nitrogens with two attached hydrogens (primary N) is 1.